The first-order valence-corrected chi connectivity index (χ1v) is 8.07. The van der Waals surface area contributed by atoms with Crippen LogP contribution in [-0.2, 0) is 6.42 Å². The highest BCUT2D eigenvalue weighted by Gasteiger charge is 2.17. The molecule has 0 saturated heterocycles. The molecule has 1 aromatic rings. The summed E-state index contributed by atoms with van der Waals surface area (Å²) in [7, 11) is 0. The lowest BCUT2D eigenvalue weighted by molar-refractivity contribution is 0.200. The van der Waals surface area contributed by atoms with Crippen LogP contribution < -0.4 is 4.74 Å². The van der Waals surface area contributed by atoms with Gasteiger partial charge in [0.2, 0.25) is 0 Å². The lowest BCUT2D eigenvalue weighted by Crippen LogP contribution is -2.08. The number of hydrogen-bond donors (Lipinski definition) is 1. The lowest BCUT2D eigenvalue weighted by atomic mass is 9.83. The minimum absolute atomic E-state index is 0.0749. The molecule has 0 heterocycles. The standard InChI is InChI=1S/C18H28O2/c1-14(2)12-17-13-16(15-6-4-3-5-7-15)8-9-18(17)20-11-10-19/h8-9,13-15,19H,3-7,10-12H2,1-2H3. The Labute approximate surface area is 123 Å². The summed E-state index contributed by atoms with van der Waals surface area (Å²) < 4.78 is 5.68. The maximum Gasteiger partial charge on any atom is 0.122 e. The number of aliphatic hydroxyl groups excluding tert-OH is 1. The molecule has 20 heavy (non-hydrogen) atoms. The molecule has 0 atom stereocenters. The zero-order valence-corrected chi connectivity index (χ0v) is 12.9. The summed E-state index contributed by atoms with van der Waals surface area (Å²) in [6, 6.07) is 6.69. The van der Waals surface area contributed by atoms with Crippen LogP contribution in [0.2, 0.25) is 0 Å². The molecule has 1 aliphatic carbocycles. The van der Waals surface area contributed by atoms with Crippen LogP contribution in [0.4, 0.5) is 0 Å². The van der Waals surface area contributed by atoms with Gasteiger partial charge in [-0.3, -0.25) is 0 Å². The largest absolute Gasteiger partial charge is 0.491 e. The molecular formula is C18H28O2. The molecular weight excluding hydrogens is 248 g/mol. The van der Waals surface area contributed by atoms with Crippen molar-refractivity contribution in [1.82, 2.24) is 0 Å². The minimum atomic E-state index is 0.0749. The first-order valence-electron chi connectivity index (χ1n) is 8.07. The van der Waals surface area contributed by atoms with E-state index >= 15 is 0 Å². The number of benzene rings is 1. The maximum absolute atomic E-state index is 8.93. The van der Waals surface area contributed by atoms with Crippen LogP contribution in [0.15, 0.2) is 18.2 Å². The molecule has 1 saturated carbocycles. The van der Waals surface area contributed by atoms with Crippen LogP contribution in [0.25, 0.3) is 0 Å². The van der Waals surface area contributed by atoms with Crippen molar-refractivity contribution >= 4 is 0 Å². The summed E-state index contributed by atoms with van der Waals surface area (Å²) in [5.74, 6) is 2.31. The second-order valence-corrected chi connectivity index (χ2v) is 6.37. The van der Waals surface area contributed by atoms with Crippen molar-refractivity contribution in [2.24, 2.45) is 5.92 Å². The molecule has 0 aliphatic heterocycles. The molecule has 0 spiro atoms. The lowest BCUT2D eigenvalue weighted by Gasteiger charge is -2.23. The third-order valence-electron chi connectivity index (χ3n) is 4.14. The first kappa shape index (κ1) is 15.4. The van der Waals surface area contributed by atoms with E-state index in [1.54, 1.807) is 0 Å². The van der Waals surface area contributed by atoms with E-state index in [1.807, 2.05) is 0 Å². The zero-order valence-electron chi connectivity index (χ0n) is 12.9. The van der Waals surface area contributed by atoms with Gasteiger partial charge in [0.05, 0.1) is 6.61 Å². The van der Waals surface area contributed by atoms with Crippen molar-refractivity contribution in [2.45, 2.75) is 58.3 Å². The summed E-state index contributed by atoms with van der Waals surface area (Å²) >= 11 is 0. The van der Waals surface area contributed by atoms with E-state index in [0.717, 1.165) is 18.1 Å². The van der Waals surface area contributed by atoms with Crippen molar-refractivity contribution < 1.29 is 9.84 Å². The number of hydrogen-bond acceptors (Lipinski definition) is 2. The number of aliphatic hydroxyl groups is 1. The van der Waals surface area contributed by atoms with E-state index in [1.165, 1.54) is 43.2 Å². The monoisotopic (exact) mass is 276 g/mol. The molecule has 1 fully saturated rings. The second kappa shape index (κ2) is 7.68. The van der Waals surface area contributed by atoms with Gasteiger partial charge in [-0.2, -0.15) is 0 Å². The molecule has 0 aromatic heterocycles. The van der Waals surface area contributed by atoms with E-state index in [0.29, 0.717) is 12.5 Å². The van der Waals surface area contributed by atoms with Crippen LogP contribution in [-0.4, -0.2) is 18.3 Å². The Kier molecular flexibility index (Phi) is 5.90. The van der Waals surface area contributed by atoms with Crippen molar-refractivity contribution in [3.8, 4) is 5.75 Å². The van der Waals surface area contributed by atoms with Crippen LogP contribution in [0.5, 0.6) is 5.75 Å². The molecule has 2 heteroatoms. The first-order chi connectivity index (χ1) is 9.70. The molecule has 0 unspecified atom stereocenters. The van der Waals surface area contributed by atoms with Gasteiger partial charge in [0, 0.05) is 0 Å². The molecule has 1 aliphatic rings. The maximum atomic E-state index is 8.93. The fourth-order valence-electron chi connectivity index (χ4n) is 3.18. The molecule has 112 valence electrons. The fourth-order valence-corrected chi connectivity index (χ4v) is 3.18. The smallest absolute Gasteiger partial charge is 0.122 e. The van der Waals surface area contributed by atoms with Crippen molar-refractivity contribution in [2.75, 3.05) is 13.2 Å². The Balaban J connectivity index is 2.17. The van der Waals surface area contributed by atoms with Gasteiger partial charge in [-0.1, -0.05) is 45.2 Å². The van der Waals surface area contributed by atoms with Gasteiger partial charge < -0.3 is 9.84 Å². The highest BCUT2D eigenvalue weighted by Crippen LogP contribution is 2.35. The fraction of sp³-hybridized carbons (Fsp3) is 0.667. The predicted molar refractivity (Wildman–Crippen MR) is 83.4 cm³/mol. The predicted octanol–water partition coefficient (Wildman–Crippen LogP) is 4.30. The molecule has 2 rings (SSSR count). The average Bonchev–Trinajstić information content (AvgIpc) is 2.46. The summed E-state index contributed by atoms with van der Waals surface area (Å²) in [6.45, 7) is 4.94. The number of ether oxygens (including phenoxy) is 1. The van der Waals surface area contributed by atoms with Gasteiger partial charge in [-0.25, -0.2) is 0 Å². The average molecular weight is 276 g/mol. The Morgan fingerprint density at radius 1 is 1.20 bits per heavy atom. The van der Waals surface area contributed by atoms with Crippen LogP contribution in [0.3, 0.4) is 0 Å². The molecule has 0 bridgehead atoms. The van der Waals surface area contributed by atoms with E-state index < -0.39 is 0 Å². The highest BCUT2D eigenvalue weighted by molar-refractivity contribution is 5.39. The van der Waals surface area contributed by atoms with Crippen LogP contribution in [0.1, 0.15) is 63.0 Å². The quantitative estimate of drug-likeness (QED) is 0.839. The normalized spacial score (nSPS) is 16.6. The topological polar surface area (TPSA) is 29.5 Å². The van der Waals surface area contributed by atoms with E-state index in [2.05, 4.69) is 32.0 Å². The van der Waals surface area contributed by atoms with Crippen LogP contribution in [0, 0.1) is 5.92 Å². The third-order valence-corrected chi connectivity index (χ3v) is 4.14. The Bertz CT molecular complexity index is 406. The summed E-state index contributed by atoms with van der Waals surface area (Å²) in [5.41, 5.74) is 2.79. The van der Waals surface area contributed by atoms with Gasteiger partial charge in [0.1, 0.15) is 12.4 Å². The zero-order chi connectivity index (χ0) is 14.4. The van der Waals surface area contributed by atoms with Gasteiger partial charge in [0.15, 0.2) is 0 Å². The van der Waals surface area contributed by atoms with Crippen molar-refractivity contribution in [1.29, 1.82) is 0 Å². The third kappa shape index (κ3) is 4.24. The number of rotatable bonds is 6. The van der Waals surface area contributed by atoms with E-state index in [9.17, 15) is 0 Å². The highest BCUT2D eigenvalue weighted by atomic mass is 16.5. The summed E-state index contributed by atoms with van der Waals surface area (Å²) in [6.07, 6.45) is 7.84. The Morgan fingerprint density at radius 2 is 1.95 bits per heavy atom. The second-order valence-electron chi connectivity index (χ2n) is 6.37. The van der Waals surface area contributed by atoms with E-state index in [-0.39, 0.29) is 6.61 Å². The molecule has 0 amide bonds. The molecule has 0 radical (unpaired) electrons. The summed E-state index contributed by atoms with van der Waals surface area (Å²) in [4.78, 5) is 0. The van der Waals surface area contributed by atoms with Gasteiger partial charge in [-0.05, 0) is 48.3 Å². The molecule has 1 N–H and O–H groups in total. The SMILES string of the molecule is CC(C)Cc1cc(C2CCCCC2)ccc1OCCO. The van der Waals surface area contributed by atoms with Gasteiger partial charge in [0.25, 0.3) is 0 Å². The minimum Gasteiger partial charge on any atom is -0.491 e. The van der Waals surface area contributed by atoms with Crippen molar-refractivity contribution in [3.05, 3.63) is 29.3 Å². The van der Waals surface area contributed by atoms with Crippen molar-refractivity contribution in [3.63, 3.8) is 0 Å². The van der Waals surface area contributed by atoms with Crippen LogP contribution >= 0.6 is 0 Å². The van der Waals surface area contributed by atoms with E-state index in [4.69, 9.17) is 9.84 Å². The Morgan fingerprint density at radius 3 is 2.60 bits per heavy atom. The van der Waals surface area contributed by atoms with Gasteiger partial charge >= 0.3 is 0 Å². The molecule has 2 nitrogen and oxygen atoms in total. The molecule has 1 aromatic carbocycles. The Hall–Kier alpha value is -1.02. The summed E-state index contributed by atoms with van der Waals surface area (Å²) in [5, 5.41) is 8.93. The van der Waals surface area contributed by atoms with Gasteiger partial charge in [-0.15, -0.1) is 0 Å².